The highest BCUT2D eigenvalue weighted by molar-refractivity contribution is 5.20. The molecule has 140 valence electrons. The van der Waals surface area contributed by atoms with Gasteiger partial charge in [-0.25, -0.2) is 9.67 Å². The highest BCUT2D eigenvalue weighted by Crippen LogP contribution is 2.20. The number of rotatable bonds is 5. The zero-order valence-corrected chi connectivity index (χ0v) is 15.6. The third kappa shape index (κ3) is 4.06. The Morgan fingerprint density at radius 1 is 1.23 bits per heavy atom. The molecule has 6 nitrogen and oxygen atoms in total. The first-order valence-electron chi connectivity index (χ1n) is 9.91. The quantitative estimate of drug-likeness (QED) is 0.823. The molecule has 0 atom stereocenters. The van der Waals surface area contributed by atoms with Crippen molar-refractivity contribution in [3.05, 3.63) is 45.5 Å². The van der Waals surface area contributed by atoms with E-state index in [1.165, 1.54) is 18.4 Å². The van der Waals surface area contributed by atoms with E-state index in [1.807, 2.05) is 19.2 Å². The molecular weight excluding hydrogens is 328 g/mol. The number of aromatic nitrogens is 3. The van der Waals surface area contributed by atoms with Crippen molar-refractivity contribution in [1.82, 2.24) is 19.7 Å². The lowest BCUT2D eigenvalue weighted by Gasteiger charge is -2.31. The van der Waals surface area contributed by atoms with Crippen LogP contribution in [0.1, 0.15) is 48.6 Å². The van der Waals surface area contributed by atoms with E-state index in [2.05, 4.69) is 15.0 Å². The van der Waals surface area contributed by atoms with E-state index in [-0.39, 0.29) is 5.56 Å². The van der Waals surface area contributed by atoms with Gasteiger partial charge in [-0.3, -0.25) is 4.79 Å². The summed E-state index contributed by atoms with van der Waals surface area (Å²) in [5, 5.41) is 4.68. The molecule has 2 aromatic rings. The van der Waals surface area contributed by atoms with E-state index < -0.39 is 0 Å². The summed E-state index contributed by atoms with van der Waals surface area (Å²) in [6, 6.07) is 1.83. The average molecular weight is 356 g/mol. The Morgan fingerprint density at radius 2 is 2.04 bits per heavy atom. The lowest BCUT2D eigenvalue weighted by Crippen LogP contribution is -2.38. The minimum atomic E-state index is 0.0776. The van der Waals surface area contributed by atoms with Gasteiger partial charge >= 0.3 is 0 Å². The first kappa shape index (κ1) is 17.5. The Kier molecular flexibility index (Phi) is 5.20. The van der Waals surface area contributed by atoms with Crippen LogP contribution in [0.2, 0.25) is 0 Å². The average Bonchev–Trinajstić information content (AvgIpc) is 3.07. The first-order chi connectivity index (χ1) is 12.7. The molecule has 4 rings (SSSR count). The van der Waals surface area contributed by atoms with Crippen LogP contribution in [-0.2, 0) is 25.8 Å². The molecule has 1 aliphatic heterocycles. The summed E-state index contributed by atoms with van der Waals surface area (Å²) in [5.74, 6) is 2.25. The van der Waals surface area contributed by atoms with Crippen molar-refractivity contribution in [2.24, 2.45) is 5.92 Å². The van der Waals surface area contributed by atoms with Gasteiger partial charge in [-0.15, -0.1) is 0 Å². The molecule has 26 heavy (non-hydrogen) atoms. The lowest BCUT2D eigenvalue weighted by atomic mass is 9.95. The van der Waals surface area contributed by atoms with E-state index in [0.29, 0.717) is 5.92 Å². The van der Waals surface area contributed by atoms with Crippen LogP contribution in [0.25, 0.3) is 0 Å². The van der Waals surface area contributed by atoms with Gasteiger partial charge in [0.15, 0.2) is 5.89 Å². The third-order valence-electron chi connectivity index (χ3n) is 5.76. The summed E-state index contributed by atoms with van der Waals surface area (Å²) in [6.07, 6.45) is 9.41. The van der Waals surface area contributed by atoms with Crippen molar-refractivity contribution >= 4 is 0 Å². The molecule has 0 bridgehead atoms. The molecule has 1 fully saturated rings. The van der Waals surface area contributed by atoms with Gasteiger partial charge in [0.25, 0.3) is 5.56 Å². The minimum Gasteiger partial charge on any atom is -0.446 e. The van der Waals surface area contributed by atoms with Gasteiger partial charge in [0.05, 0.1) is 11.9 Å². The molecule has 0 aromatic carbocycles. The Morgan fingerprint density at radius 3 is 2.81 bits per heavy atom. The van der Waals surface area contributed by atoms with Crippen LogP contribution < -0.4 is 5.56 Å². The molecule has 1 saturated heterocycles. The molecule has 2 aliphatic rings. The fourth-order valence-electron chi connectivity index (χ4n) is 4.16. The van der Waals surface area contributed by atoms with Crippen molar-refractivity contribution in [2.45, 2.75) is 58.4 Å². The Hall–Kier alpha value is -1.95. The van der Waals surface area contributed by atoms with Gasteiger partial charge in [-0.1, -0.05) is 0 Å². The van der Waals surface area contributed by atoms with Crippen LogP contribution in [0.5, 0.6) is 0 Å². The second kappa shape index (κ2) is 7.74. The fraction of sp³-hybridized carbons (Fsp3) is 0.650. The molecule has 0 spiro atoms. The van der Waals surface area contributed by atoms with E-state index in [9.17, 15) is 4.79 Å². The Labute approximate surface area is 154 Å². The standard InChI is InChI=1S/C20H28N4O2/c1-15-21-13-18(26-15)8-11-23-9-6-16(7-10-23)14-24-20(25)12-17-4-2-3-5-19(17)22-24/h12-13,16H,2-11,14H2,1H3. The Bertz CT molecular complexity index is 802. The third-order valence-corrected chi connectivity index (χ3v) is 5.76. The Balaban J connectivity index is 1.29. The molecule has 0 amide bonds. The number of nitrogens with zero attached hydrogens (tertiary/aromatic N) is 4. The zero-order chi connectivity index (χ0) is 17.9. The second-order valence-corrected chi connectivity index (χ2v) is 7.72. The monoisotopic (exact) mass is 356 g/mol. The van der Waals surface area contributed by atoms with E-state index >= 15 is 0 Å². The maximum atomic E-state index is 12.4. The maximum absolute atomic E-state index is 12.4. The largest absolute Gasteiger partial charge is 0.446 e. The van der Waals surface area contributed by atoms with Gasteiger partial charge < -0.3 is 9.32 Å². The van der Waals surface area contributed by atoms with Crippen molar-refractivity contribution in [2.75, 3.05) is 19.6 Å². The molecule has 3 heterocycles. The normalized spacial score (nSPS) is 18.8. The van der Waals surface area contributed by atoms with Crippen LogP contribution in [0.15, 0.2) is 21.5 Å². The maximum Gasteiger partial charge on any atom is 0.267 e. The summed E-state index contributed by atoms with van der Waals surface area (Å²) in [6.45, 7) is 5.82. The first-order valence-corrected chi connectivity index (χ1v) is 9.91. The van der Waals surface area contributed by atoms with E-state index in [4.69, 9.17) is 4.42 Å². The van der Waals surface area contributed by atoms with Gasteiger partial charge in [-0.2, -0.15) is 5.10 Å². The predicted octanol–water partition coefficient (Wildman–Crippen LogP) is 2.37. The number of hydrogen-bond donors (Lipinski definition) is 0. The van der Waals surface area contributed by atoms with Crippen molar-refractivity contribution in [3.63, 3.8) is 0 Å². The van der Waals surface area contributed by atoms with Gasteiger partial charge in [0.2, 0.25) is 0 Å². The molecule has 0 unspecified atom stereocenters. The van der Waals surface area contributed by atoms with Crippen molar-refractivity contribution < 1.29 is 4.42 Å². The molecule has 1 aliphatic carbocycles. The fourth-order valence-corrected chi connectivity index (χ4v) is 4.16. The van der Waals surface area contributed by atoms with Crippen LogP contribution >= 0.6 is 0 Å². The smallest absolute Gasteiger partial charge is 0.267 e. The van der Waals surface area contributed by atoms with Crippen LogP contribution in [0, 0.1) is 12.8 Å². The van der Waals surface area contributed by atoms with E-state index in [1.54, 1.807) is 4.68 Å². The number of fused-ring (bicyclic) bond motifs is 1. The topological polar surface area (TPSA) is 64.2 Å². The summed E-state index contributed by atoms with van der Waals surface area (Å²) in [4.78, 5) is 19.0. The molecule has 0 saturated carbocycles. The summed E-state index contributed by atoms with van der Waals surface area (Å²) in [5.41, 5.74) is 2.40. The molecule has 0 N–H and O–H groups in total. The SMILES string of the molecule is Cc1ncc(CCN2CCC(Cn3nc4c(cc3=O)CCCC4)CC2)o1. The number of hydrogen-bond acceptors (Lipinski definition) is 5. The second-order valence-electron chi connectivity index (χ2n) is 7.72. The van der Waals surface area contributed by atoms with Crippen LogP contribution in [0.3, 0.4) is 0 Å². The van der Waals surface area contributed by atoms with Crippen LogP contribution in [-0.4, -0.2) is 39.3 Å². The highest BCUT2D eigenvalue weighted by Gasteiger charge is 2.21. The number of oxazole rings is 1. The van der Waals surface area contributed by atoms with Gasteiger partial charge in [0.1, 0.15) is 5.76 Å². The molecule has 6 heteroatoms. The summed E-state index contributed by atoms with van der Waals surface area (Å²) < 4.78 is 7.27. The van der Waals surface area contributed by atoms with Gasteiger partial charge in [0, 0.05) is 32.5 Å². The van der Waals surface area contributed by atoms with E-state index in [0.717, 1.165) is 75.6 Å². The predicted molar refractivity (Wildman–Crippen MR) is 99.2 cm³/mol. The minimum absolute atomic E-state index is 0.0776. The lowest BCUT2D eigenvalue weighted by molar-refractivity contribution is 0.169. The van der Waals surface area contributed by atoms with Crippen molar-refractivity contribution in [1.29, 1.82) is 0 Å². The molecule has 0 radical (unpaired) electrons. The number of aryl methyl sites for hydroxylation is 3. The highest BCUT2D eigenvalue weighted by atomic mass is 16.4. The molecule has 2 aromatic heterocycles. The molecular formula is C20H28N4O2. The summed E-state index contributed by atoms with van der Waals surface area (Å²) >= 11 is 0. The van der Waals surface area contributed by atoms with Crippen LogP contribution in [0.4, 0.5) is 0 Å². The number of piperidine rings is 1. The number of likely N-dealkylation sites (tertiary alicyclic amines) is 1. The summed E-state index contributed by atoms with van der Waals surface area (Å²) in [7, 11) is 0. The van der Waals surface area contributed by atoms with Crippen molar-refractivity contribution in [3.8, 4) is 0 Å². The zero-order valence-electron chi connectivity index (χ0n) is 15.6. The van der Waals surface area contributed by atoms with Gasteiger partial charge in [-0.05, 0) is 63.1 Å².